The summed E-state index contributed by atoms with van der Waals surface area (Å²) in [5.41, 5.74) is -0.841. The molecule has 1 aliphatic carbocycles. The second-order valence-electron chi connectivity index (χ2n) is 7.96. The number of rotatable bonds is 9. The molecular formula is C22H22F2N4O5. The van der Waals surface area contributed by atoms with Crippen molar-refractivity contribution in [1.82, 2.24) is 5.32 Å². The Morgan fingerprint density at radius 1 is 1.27 bits per heavy atom. The fourth-order valence-electron chi connectivity index (χ4n) is 3.11. The van der Waals surface area contributed by atoms with Gasteiger partial charge in [0, 0.05) is 49.3 Å². The Morgan fingerprint density at radius 3 is 2.48 bits per heavy atom. The van der Waals surface area contributed by atoms with Crippen molar-refractivity contribution in [3.8, 4) is 11.5 Å². The first-order valence-corrected chi connectivity index (χ1v) is 9.98. The van der Waals surface area contributed by atoms with Crippen LogP contribution in [0.3, 0.4) is 0 Å². The molecule has 9 nitrogen and oxygen atoms in total. The summed E-state index contributed by atoms with van der Waals surface area (Å²) in [4.78, 5) is 27.1. The van der Waals surface area contributed by atoms with Crippen LogP contribution >= 0.6 is 0 Å². The predicted molar refractivity (Wildman–Crippen MR) is 116 cm³/mol. The summed E-state index contributed by atoms with van der Waals surface area (Å²) in [6, 6.07) is 6.76. The quantitative estimate of drug-likeness (QED) is 0.310. The van der Waals surface area contributed by atoms with Crippen molar-refractivity contribution >= 4 is 23.0 Å². The van der Waals surface area contributed by atoms with Crippen LogP contribution < -0.4 is 20.1 Å². The van der Waals surface area contributed by atoms with Crippen molar-refractivity contribution in [1.29, 1.82) is 0 Å². The third kappa shape index (κ3) is 5.46. The van der Waals surface area contributed by atoms with E-state index in [0.29, 0.717) is 5.56 Å². The molecule has 0 spiro atoms. The fraction of sp³-hybridized carbons (Fsp3) is 0.364. The van der Waals surface area contributed by atoms with Crippen LogP contribution in [0.15, 0.2) is 30.3 Å². The topological polar surface area (TPSA) is 107 Å². The number of nitrogens with one attached hydrogen (secondary N) is 2. The predicted octanol–water partition coefficient (Wildman–Crippen LogP) is 4.99. The van der Waals surface area contributed by atoms with Gasteiger partial charge in [-0.3, -0.25) is 14.9 Å². The Balaban J connectivity index is 2.03. The maximum Gasteiger partial charge on any atom is 0.387 e. The number of hydrogen-bond donors (Lipinski definition) is 2. The maximum atomic E-state index is 13.1. The molecule has 1 aliphatic rings. The van der Waals surface area contributed by atoms with Crippen LogP contribution in [0.2, 0.25) is 0 Å². The Morgan fingerprint density at radius 2 is 1.94 bits per heavy atom. The molecule has 2 aromatic rings. The number of nitro benzene ring substituents is 1. The van der Waals surface area contributed by atoms with Gasteiger partial charge < -0.3 is 25.0 Å². The monoisotopic (exact) mass is 460 g/mol. The molecule has 0 aromatic heterocycles. The van der Waals surface area contributed by atoms with E-state index < -0.39 is 28.7 Å². The minimum Gasteiger partial charge on any atom is -0.496 e. The molecule has 33 heavy (non-hydrogen) atoms. The largest absolute Gasteiger partial charge is 0.496 e. The lowest BCUT2D eigenvalue weighted by Crippen LogP contribution is -2.26. The summed E-state index contributed by atoms with van der Waals surface area (Å²) in [7, 11) is 1.27. The molecule has 1 amide bonds. The molecule has 0 bridgehead atoms. The average molecular weight is 460 g/mol. The van der Waals surface area contributed by atoms with E-state index in [4.69, 9.17) is 11.3 Å². The molecule has 11 heteroatoms. The van der Waals surface area contributed by atoms with E-state index in [1.165, 1.54) is 25.3 Å². The zero-order valence-electron chi connectivity index (χ0n) is 18.1. The van der Waals surface area contributed by atoms with E-state index in [0.717, 1.165) is 18.9 Å². The molecule has 1 saturated carbocycles. The highest BCUT2D eigenvalue weighted by Crippen LogP contribution is 2.38. The Bertz CT molecular complexity index is 1130. The highest BCUT2D eigenvalue weighted by molar-refractivity contribution is 6.01. The van der Waals surface area contributed by atoms with Crippen LogP contribution in [0.25, 0.3) is 4.85 Å². The second-order valence-corrected chi connectivity index (χ2v) is 7.96. The molecule has 3 rings (SSSR count). The van der Waals surface area contributed by atoms with E-state index in [1.54, 1.807) is 19.9 Å². The zero-order chi connectivity index (χ0) is 24.3. The average Bonchev–Trinajstić information content (AvgIpc) is 3.56. The van der Waals surface area contributed by atoms with E-state index >= 15 is 0 Å². The highest BCUT2D eigenvalue weighted by atomic mass is 19.3. The first-order chi connectivity index (χ1) is 15.6. The Hall–Kier alpha value is -3.94. The van der Waals surface area contributed by atoms with Crippen LogP contribution in [0.4, 0.5) is 25.8 Å². The lowest BCUT2D eigenvalue weighted by atomic mass is 9.94. The molecule has 0 radical (unpaired) electrons. The molecule has 0 unspecified atom stereocenters. The number of alkyl halides is 2. The zero-order valence-corrected chi connectivity index (χ0v) is 18.1. The van der Waals surface area contributed by atoms with E-state index in [-0.39, 0.29) is 34.4 Å². The van der Waals surface area contributed by atoms with Crippen molar-refractivity contribution in [2.45, 2.75) is 44.9 Å². The molecule has 0 aliphatic heterocycles. The first kappa shape index (κ1) is 23.7. The van der Waals surface area contributed by atoms with Gasteiger partial charge in [0.1, 0.15) is 22.7 Å². The number of anilines is 2. The van der Waals surface area contributed by atoms with Gasteiger partial charge >= 0.3 is 6.61 Å². The summed E-state index contributed by atoms with van der Waals surface area (Å²) in [6.45, 7) is 7.36. The number of nitrogens with zero attached hydrogens (tertiary/aromatic N) is 2. The lowest BCUT2D eigenvalue weighted by molar-refractivity contribution is -0.384. The van der Waals surface area contributed by atoms with E-state index in [1.807, 2.05) is 0 Å². The molecule has 174 valence electrons. The van der Waals surface area contributed by atoms with Crippen LogP contribution in [0.5, 0.6) is 11.5 Å². The maximum absolute atomic E-state index is 13.1. The number of hydrogen-bond acceptors (Lipinski definition) is 6. The normalized spacial score (nSPS) is 13.2. The number of carbonyl (C=O) groups excluding carboxylic acids is 1. The number of amides is 1. The summed E-state index contributed by atoms with van der Waals surface area (Å²) in [5.74, 6) is -1.09. The minimum absolute atomic E-state index is 0.0275. The van der Waals surface area contributed by atoms with Gasteiger partial charge in [0.15, 0.2) is 0 Å². The number of halogens is 2. The van der Waals surface area contributed by atoms with Gasteiger partial charge in [0.05, 0.1) is 12.0 Å². The lowest BCUT2D eigenvalue weighted by Gasteiger charge is -2.17. The van der Waals surface area contributed by atoms with Crippen molar-refractivity contribution in [2.75, 3.05) is 12.4 Å². The summed E-state index contributed by atoms with van der Waals surface area (Å²) < 4.78 is 35.9. The third-order valence-corrected chi connectivity index (χ3v) is 5.10. The fourth-order valence-corrected chi connectivity index (χ4v) is 3.11. The number of methoxy groups -OCH3 is 1. The third-order valence-electron chi connectivity index (χ3n) is 5.10. The SMILES string of the molecule is [C-]#[N+]C(C)(C)c1ccc(Nc2cc(OC)c(C(=O)NC3CC3)c(OC(F)F)c2)c([N+](=O)[O-])c1. The van der Waals surface area contributed by atoms with Gasteiger partial charge in [0.2, 0.25) is 0 Å². The molecule has 1 fully saturated rings. The molecule has 0 atom stereocenters. The highest BCUT2D eigenvalue weighted by Gasteiger charge is 2.31. The number of ether oxygens (including phenoxy) is 2. The summed E-state index contributed by atoms with van der Waals surface area (Å²) in [5, 5.41) is 17.2. The summed E-state index contributed by atoms with van der Waals surface area (Å²) >= 11 is 0. The first-order valence-electron chi connectivity index (χ1n) is 9.98. The van der Waals surface area contributed by atoms with Crippen molar-refractivity contribution in [3.05, 3.63) is 63.0 Å². The van der Waals surface area contributed by atoms with Gasteiger partial charge in [-0.25, -0.2) is 6.57 Å². The molecular weight excluding hydrogens is 438 g/mol. The van der Waals surface area contributed by atoms with Crippen molar-refractivity contribution in [2.24, 2.45) is 0 Å². The van der Waals surface area contributed by atoms with Gasteiger partial charge in [-0.1, -0.05) is 0 Å². The standard InChI is InChI=1S/C22H22F2N4O5/c1-22(2,25-3)12-5-8-15(16(9-12)28(30)31)26-14-10-17(32-4)19(18(11-14)33-21(23)24)20(29)27-13-6-7-13/h5,8-11,13,21,26H,6-7H2,1-2,4H3,(H,27,29). The van der Waals surface area contributed by atoms with Crippen molar-refractivity contribution in [3.63, 3.8) is 0 Å². The van der Waals surface area contributed by atoms with Gasteiger partial charge in [0.25, 0.3) is 17.1 Å². The van der Waals surface area contributed by atoms with Gasteiger partial charge in [-0.2, -0.15) is 8.78 Å². The number of benzene rings is 2. The van der Waals surface area contributed by atoms with Crippen LogP contribution in [0.1, 0.15) is 42.6 Å². The van der Waals surface area contributed by atoms with Crippen LogP contribution in [-0.4, -0.2) is 30.6 Å². The van der Waals surface area contributed by atoms with Crippen LogP contribution in [-0.2, 0) is 5.54 Å². The number of carbonyl (C=O) groups is 1. The minimum atomic E-state index is -3.21. The Kier molecular flexibility index (Phi) is 6.67. The number of nitro groups is 1. The Labute approximate surface area is 188 Å². The van der Waals surface area contributed by atoms with Crippen LogP contribution in [0, 0.1) is 16.7 Å². The van der Waals surface area contributed by atoms with E-state index in [2.05, 4.69) is 20.2 Å². The smallest absolute Gasteiger partial charge is 0.387 e. The van der Waals surface area contributed by atoms with Crippen molar-refractivity contribution < 1.29 is 28.0 Å². The summed E-state index contributed by atoms with van der Waals surface area (Å²) in [6.07, 6.45) is 1.59. The molecule has 0 heterocycles. The second kappa shape index (κ2) is 9.28. The van der Waals surface area contributed by atoms with Gasteiger partial charge in [-0.15, -0.1) is 0 Å². The molecule has 2 N–H and O–H groups in total. The molecule has 2 aromatic carbocycles. The van der Waals surface area contributed by atoms with Gasteiger partial charge in [-0.05, 0) is 25.0 Å². The molecule has 0 saturated heterocycles. The van der Waals surface area contributed by atoms with E-state index in [9.17, 15) is 23.7 Å².